The van der Waals surface area contributed by atoms with Gasteiger partial charge in [-0.15, -0.1) is 0 Å². The molecule has 0 amide bonds. The van der Waals surface area contributed by atoms with Gasteiger partial charge in [0.05, 0.1) is 0 Å². The Morgan fingerprint density at radius 1 is 1.31 bits per heavy atom. The van der Waals surface area contributed by atoms with Crippen molar-refractivity contribution in [2.45, 2.75) is 25.8 Å². The van der Waals surface area contributed by atoms with E-state index in [1.807, 2.05) is 0 Å². The third-order valence-electron chi connectivity index (χ3n) is 3.20. The van der Waals surface area contributed by atoms with Crippen LogP contribution in [0.25, 0.3) is 0 Å². The fourth-order valence-corrected chi connectivity index (χ4v) is 2.72. The highest BCUT2D eigenvalue weighted by atomic mass is 79.9. The molecule has 2 rings (SSSR count). The maximum absolute atomic E-state index is 3.62. The maximum atomic E-state index is 3.62. The minimum absolute atomic E-state index is 0.621. The largest absolute Gasteiger partial charge is 0.381 e. The zero-order chi connectivity index (χ0) is 11.5. The lowest BCUT2D eigenvalue weighted by molar-refractivity contribution is 0.264. The first-order chi connectivity index (χ1) is 7.65. The number of rotatable bonds is 2. The Morgan fingerprint density at radius 3 is 2.62 bits per heavy atom. The summed E-state index contributed by atoms with van der Waals surface area (Å²) in [6, 6.07) is 7.10. The van der Waals surface area contributed by atoms with Crippen molar-refractivity contribution in [1.82, 2.24) is 4.90 Å². The lowest BCUT2D eigenvalue weighted by atomic mass is 10.1. The van der Waals surface area contributed by atoms with Crippen LogP contribution in [0.15, 0.2) is 22.7 Å². The molecule has 1 aromatic carbocycles. The van der Waals surface area contributed by atoms with Crippen LogP contribution in [0, 0.1) is 6.92 Å². The quantitative estimate of drug-likeness (QED) is 0.896. The fourth-order valence-electron chi connectivity index (χ4n) is 2.11. The third kappa shape index (κ3) is 2.98. The Labute approximate surface area is 106 Å². The van der Waals surface area contributed by atoms with Crippen LogP contribution in [0.3, 0.4) is 0 Å². The van der Waals surface area contributed by atoms with Crippen molar-refractivity contribution in [3.8, 4) is 0 Å². The van der Waals surface area contributed by atoms with Gasteiger partial charge in [0, 0.05) is 16.2 Å². The average molecular weight is 283 g/mol. The van der Waals surface area contributed by atoms with Crippen LogP contribution in [0.2, 0.25) is 0 Å². The molecule has 0 spiro atoms. The summed E-state index contributed by atoms with van der Waals surface area (Å²) in [5.41, 5.74) is 2.51. The molecule has 0 atom stereocenters. The zero-order valence-electron chi connectivity index (χ0n) is 9.96. The molecule has 2 nitrogen and oxygen atoms in total. The second-order valence-electron chi connectivity index (χ2n) is 4.71. The van der Waals surface area contributed by atoms with Crippen LogP contribution in [-0.4, -0.2) is 31.1 Å². The number of aryl methyl sites for hydroxylation is 1. The van der Waals surface area contributed by atoms with E-state index in [0.717, 1.165) is 0 Å². The Morgan fingerprint density at radius 2 is 2.00 bits per heavy atom. The summed E-state index contributed by atoms with van der Waals surface area (Å²) in [6.45, 7) is 4.51. The van der Waals surface area contributed by atoms with Gasteiger partial charge in [-0.2, -0.15) is 0 Å². The molecule has 1 aromatic rings. The fraction of sp³-hybridized carbons (Fsp3) is 0.538. The molecule has 0 aromatic heterocycles. The second kappa shape index (κ2) is 5.19. The van der Waals surface area contributed by atoms with Crippen molar-refractivity contribution in [2.75, 3.05) is 25.5 Å². The van der Waals surface area contributed by atoms with E-state index in [0.29, 0.717) is 6.04 Å². The molecule has 88 valence electrons. The van der Waals surface area contributed by atoms with Crippen molar-refractivity contribution in [2.24, 2.45) is 0 Å². The van der Waals surface area contributed by atoms with Gasteiger partial charge in [-0.25, -0.2) is 0 Å². The lowest BCUT2D eigenvalue weighted by Gasteiger charge is -2.30. The van der Waals surface area contributed by atoms with Gasteiger partial charge in [-0.1, -0.05) is 6.07 Å². The number of hydrogen-bond donors (Lipinski definition) is 1. The number of piperidine rings is 1. The van der Waals surface area contributed by atoms with E-state index >= 15 is 0 Å². The molecule has 0 aliphatic carbocycles. The molecular formula is C13H19BrN2. The Kier molecular flexibility index (Phi) is 3.87. The van der Waals surface area contributed by atoms with E-state index in [4.69, 9.17) is 0 Å². The van der Waals surface area contributed by atoms with E-state index in [1.54, 1.807) is 0 Å². The van der Waals surface area contributed by atoms with E-state index in [2.05, 4.69) is 58.3 Å². The molecule has 1 N–H and O–H groups in total. The first kappa shape index (κ1) is 11.9. The van der Waals surface area contributed by atoms with Crippen LogP contribution < -0.4 is 5.32 Å². The summed E-state index contributed by atoms with van der Waals surface area (Å²) in [4.78, 5) is 2.39. The molecule has 3 heteroatoms. The topological polar surface area (TPSA) is 15.3 Å². The molecule has 1 aliphatic heterocycles. The first-order valence-corrected chi connectivity index (χ1v) is 6.65. The maximum Gasteiger partial charge on any atom is 0.0486 e. The van der Waals surface area contributed by atoms with Crippen molar-refractivity contribution in [1.29, 1.82) is 0 Å². The van der Waals surface area contributed by atoms with Gasteiger partial charge in [0.15, 0.2) is 0 Å². The van der Waals surface area contributed by atoms with Gasteiger partial charge in [-0.05, 0) is 73.5 Å². The Bertz CT molecular complexity index is 357. The first-order valence-electron chi connectivity index (χ1n) is 5.86. The molecule has 0 saturated carbocycles. The zero-order valence-corrected chi connectivity index (χ0v) is 11.5. The van der Waals surface area contributed by atoms with Gasteiger partial charge in [0.25, 0.3) is 0 Å². The predicted octanol–water partition coefficient (Wildman–Crippen LogP) is 3.26. The molecule has 1 saturated heterocycles. The molecule has 16 heavy (non-hydrogen) atoms. The normalized spacial score (nSPS) is 18.7. The lowest BCUT2D eigenvalue weighted by Crippen LogP contribution is -2.36. The van der Waals surface area contributed by atoms with Crippen LogP contribution in [0.4, 0.5) is 5.69 Å². The van der Waals surface area contributed by atoms with E-state index in [1.165, 1.54) is 41.7 Å². The van der Waals surface area contributed by atoms with Crippen molar-refractivity contribution in [3.63, 3.8) is 0 Å². The number of likely N-dealkylation sites (tertiary alicyclic amines) is 1. The van der Waals surface area contributed by atoms with Gasteiger partial charge in [0.1, 0.15) is 0 Å². The molecule has 1 heterocycles. The van der Waals surface area contributed by atoms with Gasteiger partial charge < -0.3 is 10.2 Å². The SMILES string of the molecule is Cc1ccc(NC2CCN(C)CC2)c(Br)c1. The summed E-state index contributed by atoms with van der Waals surface area (Å²) in [7, 11) is 2.19. The number of anilines is 1. The molecule has 1 fully saturated rings. The van der Waals surface area contributed by atoms with Gasteiger partial charge >= 0.3 is 0 Å². The number of nitrogens with zero attached hydrogens (tertiary/aromatic N) is 1. The highest BCUT2D eigenvalue weighted by Crippen LogP contribution is 2.25. The molecule has 0 radical (unpaired) electrons. The van der Waals surface area contributed by atoms with Crippen LogP contribution in [0.1, 0.15) is 18.4 Å². The minimum atomic E-state index is 0.621. The minimum Gasteiger partial charge on any atom is -0.381 e. The Hall–Kier alpha value is -0.540. The van der Waals surface area contributed by atoms with Gasteiger partial charge in [0.2, 0.25) is 0 Å². The van der Waals surface area contributed by atoms with E-state index in [9.17, 15) is 0 Å². The van der Waals surface area contributed by atoms with Gasteiger partial charge in [-0.3, -0.25) is 0 Å². The van der Waals surface area contributed by atoms with E-state index in [-0.39, 0.29) is 0 Å². The van der Waals surface area contributed by atoms with Crippen molar-refractivity contribution >= 4 is 21.6 Å². The highest BCUT2D eigenvalue weighted by Gasteiger charge is 2.16. The number of benzene rings is 1. The molecular weight excluding hydrogens is 264 g/mol. The number of nitrogens with one attached hydrogen (secondary N) is 1. The third-order valence-corrected chi connectivity index (χ3v) is 3.86. The van der Waals surface area contributed by atoms with Crippen LogP contribution in [-0.2, 0) is 0 Å². The Balaban J connectivity index is 1.98. The summed E-state index contributed by atoms with van der Waals surface area (Å²) >= 11 is 3.61. The van der Waals surface area contributed by atoms with E-state index < -0.39 is 0 Å². The second-order valence-corrected chi connectivity index (χ2v) is 5.56. The molecule has 0 unspecified atom stereocenters. The molecule has 1 aliphatic rings. The van der Waals surface area contributed by atoms with Crippen molar-refractivity contribution < 1.29 is 0 Å². The summed E-state index contributed by atoms with van der Waals surface area (Å²) in [5.74, 6) is 0. The number of hydrogen-bond acceptors (Lipinski definition) is 2. The predicted molar refractivity (Wildman–Crippen MR) is 73.0 cm³/mol. The number of halogens is 1. The standard InChI is InChI=1S/C13H19BrN2/c1-10-3-4-13(12(14)9-10)15-11-5-7-16(2)8-6-11/h3-4,9,11,15H,5-8H2,1-2H3. The van der Waals surface area contributed by atoms with Crippen molar-refractivity contribution in [3.05, 3.63) is 28.2 Å². The molecule has 0 bridgehead atoms. The van der Waals surface area contributed by atoms with Crippen LogP contribution in [0.5, 0.6) is 0 Å². The average Bonchev–Trinajstić information content (AvgIpc) is 2.25. The summed E-state index contributed by atoms with van der Waals surface area (Å²) in [5, 5.41) is 3.62. The van der Waals surface area contributed by atoms with Crippen LogP contribution >= 0.6 is 15.9 Å². The summed E-state index contributed by atoms with van der Waals surface area (Å²) in [6.07, 6.45) is 2.47. The summed E-state index contributed by atoms with van der Waals surface area (Å²) < 4.78 is 1.17. The highest BCUT2D eigenvalue weighted by molar-refractivity contribution is 9.10. The monoisotopic (exact) mass is 282 g/mol. The smallest absolute Gasteiger partial charge is 0.0486 e.